The molecule has 1 aromatic heterocycles. The van der Waals surface area contributed by atoms with Crippen LogP contribution >= 0.6 is 0 Å². The summed E-state index contributed by atoms with van der Waals surface area (Å²) in [5.74, 6) is -4.90. The largest absolute Gasteiger partial charge is 0.480 e. The molecule has 64 heavy (non-hydrogen) atoms. The van der Waals surface area contributed by atoms with Gasteiger partial charge in [-0.2, -0.15) is 0 Å². The number of aliphatic hydroxyl groups excluding tert-OH is 4. The predicted octanol–water partition coefficient (Wildman–Crippen LogP) is -6.52. The molecular weight excluding hydrogens is 854 g/mol. The predicted molar refractivity (Wildman–Crippen MR) is 220 cm³/mol. The molecular formula is C37H61N11O16. The lowest BCUT2D eigenvalue weighted by Gasteiger charge is -2.33. The summed E-state index contributed by atoms with van der Waals surface area (Å²) in [6, 6.07) is -6.37. The van der Waals surface area contributed by atoms with Crippen LogP contribution in [0.1, 0.15) is 53.2 Å². The van der Waals surface area contributed by atoms with Crippen molar-refractivity contribution in [3.63, 3.8) is 0 Å². The summed E-state index contributed by atoms with van der Waals surface area (Å²) in [4.78, 5) is 95.2. The molecule has 2 saturated heterocycles. The first-order valence-electron chi connectivity index (χ1n) is 20.8. The molecule has 3 aliphatic heterocycles. The molecule has 27 nitrogen and oxygen atoms in total. The van der Waals surface area contributed by atoms with Crippen LogP contribution in [0.4, 0.5) is 4.79 Å². The fourth-order valence-corrected chi connectivity index (χ4v) is 7.39. The van der Waals surface area contributed by atoms with Gasteiger partial charge in [-0.15, -0.1) is 0 Å². The normalized spacial score (nSPS) is 28.0. The highest BCUT2D eigenvalue weighted by molar-refractivity contribution is 5.93. The first-order chi connectivity index (χ1) is 30.1. The number of rotatable bonds is 22. The van der Waals surface area contributed by atoms with Gasteiger partial charge < -0.3 is 88.2 Å². The minimum absolute atomic E-state index is 0.00911. The maximum atomic E-state index is 13.8. The molecule has 0 aliphatic carbocycles. The fraction of sp³-hybridized carbons (Fsp3) is 0.730. The zero-order chi connectivity index (χ0) is 47.6. The third-order valence-electron chi connectivity index (χ3n) is 10.8. The van der Waals surface area contributed by atoms with Crippen LogP contribution in [0.3, 0.4) is 0 Å². The zero-order valence-corrected chi connectivity index (χ0v) is 35.7. The summed E-state index contributed by atoms with van der Waals surface area (Å²) in [5.41, 5.74) is 9.69. The van der Waals surface area contributed by atoms with E-state index in [1.165, 1.54) is 0 Å². The van der Waals surface area contributed by atoms with Gasteiger partial charge in [0.1, 0.15) is 66.9 Å². The number of amides is 4. The van der Waals surface area contributed by atoms with E-state index in [-0.39, 0.29) is 57.3 Å². The Morgan fingerprint density at radius 1 is 0.922 bits per heavy atom. The fourth-order valence-electron chi connectivity index (χ4n) is 7.39. The van der Waals surface area contributed by atoms with Crippen LogP contribution in [0.25, 0.3) is 0 Å². The van der Waals surface area contributed by atoms with E-state index in [9.17, 15) is 64.2 Å². The number of hydrogen-bond donors (Lipinski definition) is 15. The van der Waals surface area contributed by atoms with Crippen LogP contribution in [0, 0.1) is 11.8 Å². The molecule has 360 valence electrons. The van der Waals surface area contributed by atoms with Gasteiger partial charge >= 0.3 is 23.7 Å². The van der Waals surface area contributed by atoms with Gasteiger partial charge in [0.15, 0.2) is 18.5 Å². The lowest BCUT2D eigenvalue weighted by Crippen LogP contribution is -2.64. The molecule has 3 aliphatic rings. The number of ether oxygens (including phenoxy) is 3. The van der Waals surface area contributed by atoms with Crippen LogP contribution in [0.15, 0.2) is 26.8 Å². The summed E-state index contributed by atoms with van der Waals surface area (Å²) in [6.07, 6.45) is -13.7. The Morgan fingerprint density at radius 2 is 1.61 bits per heavy atom. The summed E-state index contributed by atoms with van der Waals surface area (Å²) in [5, 5.41) is 78.9. The highest BCUT2D eigenvalue weighted by atomic mass is 16.7. The Balaban J connectivity index is 1.46. The van der Waals surface area contributed by atoms with E-state index in [2.05, 4.69) is 36.9 Å². The van der Waals surface area contributed by atoms with Crippen LogP contribution in [0.5, 0.6) is 0 Å². The van der Waals surface area contributed by atoms with Crippen molar-refractivity contribution < 1.29 is 68.8 Å². The van der Waals surface area contributed by atoms with Gasteiger partial charge in [0.25, 0.3) is 5.56 Å². The highest BCUT2D eigenvalue weighted by Crippen LogP contribution is 2.34. The van der Waals surface area contributed by atoms with Gasteiger partial charge in [0.2, 0.25) is 11.8 Å². The number of aromatic nitrogens is 2. The first-order valence-corrected chi connectivity index (χ1v) is 20.8. The molecule has 14 atom stereocenters. The number of hydrogen-bond acceptors (Lipinski definition) is 19. The Hall–Kier alpha value is -5.26. The van der Waals surface area contributed by atoms with Crippen molar-refractivity contribution in [2.75, 3.05) is 26.2 Å². The molecule has 0 aromatic carbocycles. The van der Waals surface area contributed by atoms with Crippen LogP contribution in [0.2, 0.25) is 0 Å². The van der Waals surface area contributed by atoms with E-state index in [4.69, 9.17) is 25.7 Å². The summed E-state index contributed by atoms with van der Waals surface area (Å²) in [6.45, 7) is 6.48. The van der Waals surface area contributed by atoms with Gasteiger partial charge in [-0.1, -0.05) is 27.7 Å². The van der Waals surface area contributed by atoms with E-state index in [0.29, 0.717) is 0 Å². The molecule has 17 N–H and O–H groups in total. The summed E-state index contributed by atoms with van der Waals surface area (Å²) >= 11 is 0. The number of H-pyrrole nitrogens is 1. The van der Waals surface area contributed by atoms with E-state index in [1.54, 1.807) is 27.7 Å². The number of nitrogens with two attached hydrogens (primary N) is 2. The standard InChI is InChI=1S/C37H61N11O16/c1-14(2)12-17(43-30(55)21(16-6-10-42-35(39)44-16)47-36(60)46-20(15(3)4)32(56)57)29(54)41-9-5-8-40-22(33(58)59)27(64-34-26(53)23(50)18(13-38)62-34)28-24(51)25(52)31(63-28)48-11-7-19(49)45-37(48)61/h7,11,14-18,20-28,31,34,40,50-53H,5-6,8-10,12-13,38H2,1-4H3,(H,41,54)(H,43,55)(H,56,57)(H,58,59)(H3,39,42,44)(H,45,49,61)(H2,46,47,60)/t16-,17-,18+,20-,21-,22-,23+,24-,25+,26+,27?,28-,31+,34-/m0/s1. The number of urea groups is 1. The van der Waals surface area contributed by atoms with E-state index >= 15 is 0 Å². The molecule has 0 spiro atoms. The van der Waals surface area contributed by atoms with Gasteiger partial charge in [-0.3, -0.25) is 33.7 Å². The minimum Gasteiger partial charge on any atom is -0.480 e. The maximum Gasteiger partial charge on any atom is 0.330 e. The maximum absolute atomic E-state index is 13.8. The van der Waals surface area contributed by atoms with Gasteiger partial charge in [-0.05, 0) is 37.6 Å². The molecule has 0 bridgehead atoms. The quantitative estimate of drug-likeness (QED) is 0.0481. The van der Waals surface area contributed by atoms with Gasteiger partial charge in [0, 0.05) is 31.9 Å². The number of nitrogens with one attached hydrogen (secondary N) is 7. The number of nitrogens with zero attached hydrogens (tertiary/aromatic N) is 2. The van der Waals surface area contributed by atoms with Crippen molar-refractivity contribution >= 4 is 35.7 Å². The molecule has 0 radical (unpaired) electrons. The zero-order valence-electron chi connectivity index (χ0n) is 35.7. The number of carbonyl (C=O) groups excluding carboxylic acids is 3. The Kier molecular flexibility index (Phi) is 18.5. The second-order valence-electron chi connectivity index (χ2n) is 16.4. The second kappa shape index (κ2) is 23.1. The Morgan fingerprint density at radius 3 is 2.19 bits per heavy atom. The molecule has 27 heteroatoms. The van der Waals surface area contributed by atoms with Crippen molar-refractivity contribution in [1.82, 2.24) is 41.5 Å². The van der Waals surface area contributed by atoms with Gasteiger partial charge in [-0.25, -0.2) is 14.4 Å². The highest BCUT2D eigenvalue weighted by Gasteiger charge is 2.54. The van der Waals surface area contributed by atoms with Crippen molar-refractivity contribution in [2.24, 2.45) is 28.3 Å². The Bertz CT molecular complexity index is 1930. The topological polar surface area (TPSA) is 426 Å². The summed E-state index contributed by atoms with van der Waals surface area (Å²) in [7, 11) is 0. The lowest BCUT2D eigenvalue weighted by molar-refractivity contribution is -0.228. The average molecular weight is 916 g/mol. The smallest absolute Gasteiger partial charge is 0.330 e. The Labute approximate surface area is 365 Å². The van der Waals surface area contributed by atoms with Gasteiger partial charge in [0.05, 0.1) is 6.04 Å². The molecule has 0 saturated carbocycles. The average Bonchev–Trinajstić information content (AvgIpc) is 3.66. The van der Waals surface area contributed by atoms with E-state index < -0.39 is 132 Å². The van der Waals surface area contributed by atoms with Crippen molar-refractivity contribution in [1.29, 1.82) is 0 Å². The number of carboxylic acid groups (broad SMARTS) is 2. The number of carboxylic acids is 2. The number of aliphatic hydroxyl groups is 4. The molecule has 4 amide bonds. The second-order valence-corrected chi connectivity index (χ2v) is 16.4. The van der Waals surface area contributed by atoms with Crippen LogP contribution < -0.4 is 54.6 Å². The van der Waals surface area contributed by atoms with Crippen LogP contribution in [-0.4, -0.2) is 181 Å². The lowest BCUT2D eigenvalue weighted by atomic mass is 9.98. The summed E-state index contributed by atoms with van der Waals surface area (Å²) < 4.78 is 17.9. The number of guanidine groups is 1. The number of aliphatic carboxylic acids is 2. The van der Waals surface area contributed by atoms with E-state index in [0.717, 1.165) is 16.8 Å². The number of carbonyl (C=O) groups is 5. The third kappa shape index (κ3) is 13.2. The molecule has 2 fully saturated rings. The SMILES string of the molecule is CC(C)C[C@H](NC(=O)[C@@H](NC(=O)N[C@H](C(=O)O)C(C)C)[C@@H]1CCN=C(N)N1)C(=O)NCCCN[C@H](C(=O)O)C(O[C@@H]1O[C@H](CN)[C@@H](O)[C@H]1O)[C@H]1O[C@@H](n2ccc(=O)[nH]c2=O)[C@H](O)[C@@H]1O. The van der Waals surface area contributed by atoms with Crippen molar-refractivity contribution in [2.45, 2.75) is 132 Å². The molecule has 1 aromatic rings. The number of aliphatic imine (C=N–C) groups is 1. The van der Waals surface area contributed by atoms with Crippen LogP contribution in [-0.2, 0) is 33.4 Å². The van der Waals surface area contributed by atoms with Crippen molar-refractivity contribution in [3.05, 3.63) is 33.1 Å². The molecule has 4 heterocycles. The first kappa shape index (κ1) is 51.4. The van der Waals surface area contributed by atoms with E-state index in [1.807, 2.05) is 4.98 Å². The third-order valence-corrected chi connectivity index (χ3v) is 10.8. The minimum atomic E-state index is -1.93. The number of aromatic amines is 1. The van der Waals surface area contributed by atoms with Crippen molar-refractivity contribution in [3.8, 4) is 0 Å². The molecule has 1 unspecified atom stereocenters. The monoisotopic (exact) mass is 915 g/mol. The molecule has 4 rings (SSSR count).